The minimum atomic E-state index is -7.13. The van der Waals surface area contributed by atoms with Crippen molar-refractivity contribution in [3.63, 3.8) is 0 Å². The molecule has 406 valence electrons. The Balaban J connectivity index is 1.37. The fourth-order valence-electron chi connectivity index (χ4n) is 8.95. The maximum atomic E-state index is 16.0. The molecule has 1 heterocycles. The Bertz CT molecular complexity index is 3640. The lowest BCUT2D eigenvalue weighted by Crippen LogP contribution is -2.71. The summed E-state index contributed by atoms with van der Waals surface area (Å²) in [6.45, 7) is 20.1. The van der Waals surface area contributed by atoms with Crippen LogP contribution in [0.15, 0.2) is 131 Å². The molecule has 0 fully saturated rings. The number of alkyl halides is 6. The Morgan fingerprint density at radius 3 is 1.75 bits per heavy atom. The van der Waals surface area contributed by atoms with E-state index in [2.05, 4.69) is 79.9 Å². The summed E-state index contributed by atoms with van der Waals surface area (Å²) in [6, 6.07) is 31.1. The number of hydrogen-bond donors (Lipinski definition) is 2. The Kier molecular flexibility index (Phi) is 16.2. The minimum absolute atomic E-state index is 0.0884. The highest BCUT2D eigenvalue weighted by atomic mass is 32.3. The number of hydrogen-bond acceptors (Lipinski definition) is 8. The molecule has 1 aliphatic carbocycles. The van der Waals surface area contributed by atoms with Gasteiger partial charge in [0.15, 0.2) is 0 Å². The maximum Gasteiger partial charge on any atom is 0.450 e. The molecule has 0 amide bonds. The number of para-hydroxylation sites is 2. The van der Waals surface area contributed by atoms with Crippen molar-refractivity contribution in [1.29, 1.82) is 0 Å². The van der Waals surface area contributed by atoms with Gasteiger partial charge in [0.1, 0.15) is 27.1 Å². The van der Waals surface area contributed by atoms with E-state index >= 15 is 26.3 Å². The molecule has 10 nitrogen and oxygen atoms in total. The first-order valence-corrected chi connectivity index (χ1v) is 29.2. The van der Waals surface area contributed by atoms with E-state index in [4.69, 9.17) is 4.42 Å². The van der Waals surface area contributed by atoms with E-state index in [9.17, 15) is 21.0 Å². The third-order valence-electron chi connectivity index (χ3n) is 13.4. The summed E-state index contributed by atoms with van der Waals surface area (Å²) in [6.07, 6.45) is 0.616. The fourth-order valence-corrected chi connectivity index (χ4v) is 13.1. The molecule has 0 spiro atoms. The highest BCUT2D eigenvalue weighted by Crippen LogP contribution is 2.54. The highest BCUT2D eigenvalue weighted by Gasteiger charge is 2.80. The normalized spacial score (nSPS) is 14.6. The van der Waals surface area contributed by atoms with Crippen molar-refractivity contribution in [2.24, 2.45) is 0 Å². The Labute approximate surface area is 441 Å². The number of fused-ring (bicyclic) bond motifs is 2. The lowest BCUT2D eigenvalue weighted by molar-refractivity contribution is -0.404. The Hall–Kier alpha value is -6.15. The predicted octanol–water partition coefficient (Wildman–Crippen LogP) is 14.2. The molecule has 2 unspecified atom stereocenters. The second kappa shape index (κ2) is 21.3. The number of anilines is 2. The molecule has 0 saturated heterocycles. The quantitative estimate of drug-likeness (QED) is 0.0352. The lowest BCUT2D eigenvalue weighted by atomic mass is 9.92. The molecule has 19 heteroatoms. The van der Waals surface area contributed by atoms with Crippen LogP contribution in [-0.2, 0) is 29.8 Å². The van der Waals surface area contributed by atoms with Crippen LogP contribution in [0.1, 0.15) is 133 Å². The maximum absolute atomic E-state index is 16.0. The van der Waals surface area contributed by atoms with Gasteiger partial charge in [-0.05, 0) is 98.8 Å². The SMILES string of the molecule is C=S(=O)([N-]S(=O)(=O)c1ccccc1-c1c2ccc(=[NH+]c3c(C(C)C)cccc3C(C)C)cc-2oc2cc(Nc3c(C(C)C)cccc3C(C)C)ccc12)C(F)(F)C(F)(F)C(F)(F)S(=O)(=O)Oc1ccc(C(C)CC)cc1. The molecule has 2 atom stereocenters. The molecule has 1 aliphatic heterocycles. The van der Waals surface area contributed by atoms with Gasteiger partial charge < -0.3 is 18.0 Å². The molecule has 5 aromatic carbocycles. The largest absolute Gasteiger partial charge is 0.460 e. The topological polar surface area (TPSA) is 148 Å². The van der Waals surface area contributed by atoms with Crippen LogP contribution in [0.2, 0.25) is 0 Å². The van der Waals surface area contributed by atoms with E-state index in [1.165, 1.54) is 24.3 Å². The van der Waals surface area contributed by atoms with Crippen LogP contribution in [-0.4, -0.2) is 43.3 Å². The molecule has 0 bridgehead atoms. The Morgan fingerprint density at radius 2 is 1.20 bits per heavy atom. The molecule has 0 aromatic heterocycles. The van der Waals surface area contributed by atoms with E-state index < -0.39 is 56.9 Å². The predicted molar refractivity (Wildman–Crippen MR) is 290 cm³/mol. The van der Waals surface area contributed by atoms with Gasteiger partial charge in [0.05, 0.1) is 11.0 Å². The van der Waals surface area contributed by atoms with Crippen molar-refractivity contribution in [3.05, 3.63) is 159 Å². The van der Waals surface area contributed by atoms with Gasteiger partial charge in [0.2, 0.25) is 11.0 Å². The molecule has 76 heavy (non-hydrogen) atoms. The third kappa shape index (κ3) is 10.8. The zero-order valence-corrected chi connectivity index (χ0v) is 46.1. The first-order valence-electron chi connectivity index (χ1n) is 24.6. The smallest absolute Gasteiger partial charge is 0.450 e. The van der Waals surface area contributed by atoms with Crippen LogP contribution >= 0.6 is 0 Å². The van der Waals surface area contributed by atoms with E-state index in [1.807, 2.05) is 43.3 Å². The first-order chi connectivity index (χ1) is 35.4. The number of nitrogens with one attached hydrogen (secondary N) is 2. The summed E-state index contributed by atoms with van der Waals surface area (Å²) in [4.78, 5) is 2.59. The third-order valence-corrected chi connectivity index (χ3v) is 18.4. The molecular weight excluding hydrogens is 1050 g/mol. The van der Waals surface area contributed by atoms with Crippen LogP contribution in [0.3, 0.4) is 0 Å². The summed E-state index contributed by atoms with van der Waals surface area (Å²) in [7, 11) is -19.5. The summed E-state index contributed by atoms with van der Waals surface area (Å²) in [5, 5.41) is -9.19. The van der Waals surface area contributed by atoms with E-state index in [1.54, 1.807) is 43.3 Å². The van der Waals surface area contributed by atoms with Gasteiger partial charge >= 0.3 is 26.5 Å². The zero-order valence-electron chi connectivity index (χ0n) is 43.6. The number of sulfonamides is 1. The molecule has 2 aliphatic rings. The molecule has 0 radical (unpaired) electrons. The minimum Gasteiger partial charge on any atom is -0.460 e. The van der Waals surface area contributed by atoms with Gasteiger partial charge in [-0.1, -0.05) is 142 Å². The number of benzene rings is 6. The molecule has 5 aromatic rings. The molecular formula is C57H61F6N3O7S3. The van der Waals surface area contributed by atoms with E-state index in [0.29, 0.717) is 23.0 Å². The number of rotatable bonds is 19. The van der Waals surface area contributed by atoms with E-state index in [0.717, 1.165) is 57.9 Å². The van der Waals surface area contributed by atoms with Gasteiger partial charge in [0, 0.05) is 56.7 Å². The zero-order chi connectivity index (χ0) is 56.1. The second-order valence-electron chi connectivity index (χ2n) is 20.1. The number of halogens is 6. The van der Waals surface area contributed by atoms with Gasteiger partial charge in [-0.15, -0.1) is 0 Å². The second-order valence-corrected chi connectivity index (χ2v) is 25.5. The van der Waals surface area contributed by atoms with Crippen LogP contribution < -0.4 is 19.8 Å². The van der Waals surface area contributed by atoms with Crippen LogP contribution in [0.4, 0.5) is 43.4 Å². The first kappa shape index (κ1) is 57.6. The van der Waals surface area contributed by atoms with Crippen LogP contribution in [0.25, 0.3) is 37.5 Å². The van der Waals surface area contributed by atoms with Gasteiger partial charge in [0.25, 0.3) is 0 Å². The number of nitrogens with zero attached hydrogens (tertiary/aromatic N) is 1. The van der Waals surface area contributed by atoms with Crippen molar-refractivity contribution in [3.8, 4) is 28.2 Å². The fraction of sp³-hybridized carbons (Fsp3) is 0.333. The Morgan fingerprint density at radius 1 is 0.645 bits per heavy atom. The average molecular weight is 1110 g/mol. The standard InChI is InChI=1S/C57H60F6N3O7S3/c1-12-37(10)38-23-27-41(28-24-38)73-76(70,71)57(62,63)55(58,59)56(60,61)74(11,67)66-75(68,69)51-22-14-13-17-48(51)52-46-29-25-39(64-53-42(33(2)3)18-15-19-43(53)34(4)5)31-49(46)72-50-32-40(26-30-47(50)52)65-54-44(35(6)7)20-16-21-45(54)36(8)9/h13-37,64H,11-12H2,1-10H3/q-1/p+1. The summed E-state index contributed by atoms with van der Waals surface area (Å²) in [5.74, 6) is -5.03. The van der Waals surface area contributed by atoms with Gasteiger partial charge in [-0.3, -0.25) is 4.21 Å². The summed E-state index contributed by atoms with van der Waals surface area (Å²) < 4.78 is 176. The molecule has 0 saturated carbocycles. The van der Waals surface area contributed by atoms with Crippen molar-refractivity contribution >= 4 is 63.8 Å². The van der Waals surface area contributed by atoms with Crippen LogP contribution in [0, 0.1) is 0 Å². The van der Waals surface area contributed by atoms with Crippen LogP contribution in [0.5, 0.6) is 5.75 Å². The molecule has 7 rings (SSSR count). The van der Waals surface area contributed by atoms with Crippen molar-refractivity contribution in [2.45, 2.75) is 127 Å². The lowest BCUT2D eigenvalue weighted by Gasteiger charge is -2.38. The average Bonchev–Trinajstić information content (AvgIpc) is 3.34. The monoisotopic (exact) mass is 1110 g/mol. The molecule has 2 N–H and O–H groups in total. The van der Waals surface area contributed by atoms with Gasteiger partial charge in [-0.2, -0.15) is 34.8 Å². The van der Waals surface area contributed by atoms with E-state index in [-0.39, 0.29) is 63.0 Å². The summed E-state index contributed by atoms with van der Waals surface area (Å²) in [5.41, 5.74) is 7.35. The van der Waals surface area contributed by atoms with Crippen molar-refractivity contribution in [1.82, 2.24) is 0 Å². The van der Waals surface area contributed by atoms with Gasteiger partial charge in [-0.25, -0.2) is 13.4 Å². The summed E-state index contributed by atoms with van der Waals surface area (Å²) >= 11 is 0. The highest BCUT2D eigenvalue weighted by molar-refractivity contribution is 8.17. The van der Waals surface area contributed by atoms with Crippen molar-refractivity contribution < 1.29 is 61.0 Å². The van der Waals surface area contributed by atoms with Crippen molar-refractivity contribution in [2.75, 3.05) is 5.32 Å².